The van der Waals surface area contributed by atoms with Crippen LogP contribution in [0.25, 0.3) is 5.69 Å². The maximum Gasteiger partial charge on any atom is 0.278 e. The highest BCUT2D eigenvalue weighted by molar-refractivity contribution is 6.39. The van der Waals surface area contributed by atoms with Gasteiger partial charge in [0.1, 0.15) is 6.54 Å². The molecule has 0 aliphatic rings. The number of anilines is 1. The molecular formula is C20H18Cl2N4O3. The molecular weight excluding hydrogens is 415 g/mol. The number of aromatic hydroxyl groups is 1. The summed E-state index contributed by atoms with van der Waals surface area (Å²) >= 11 is 12.1. The van der Waals surface area contributed by atoms with E-state index in [1.54, 1.807) is 37.3 Å². The van der Waals surface area contributed by atoms with Crippen molar-refractivity contribution < 1.29 is 14.7 Å². The van der Waals surface area contributed by atoms with Gasteiger partial charge in [0.25, 0.3) is 5.91 Å². The Kier molecular flexibility index (Phi) is 6.41. The number of hydrogen-bond acceptors (Lipinski definition) is 4. The van der Waals surface area contributed by atoms with E-state index in [1.807, 2.05) is 18.2 Å². The standard InChI is InChI=1S/C20H18Cl2N4O3/c1-2-25(12-17(28)23-18-14(21)9-6-10-15(18)22)20(29)19-16(27)11-26(24-19)13-7-4-3-5-8-13/h3-11,27H,2,12H2,1H3,(H,23,28). The molecule has 0 radical (unpaired) electrons. The second-order valence-corrected chi connectivity index (χ2v) is 6.92. The van der Waals surface area contributed by atoms with E-state index < -0.39 is 11.8 Å². The van der Waals surface area contributed by atoms with E-state index in [9.17, 15) is 14.7 Å². The molecule has 0 saturated carbocycles. The van der Waals surface area contributed by atoms with Crippen LogP contribution in [0.5, 0.6) is 5.75 Å². The lowest BCUT2D eigenvalue weighted by Gasteiger charge is -2.20. The summed E-state index contributed by atoms with van der Waals surface area (Å²) < 4.78 is 1.40. The summed E-state index contributed by atoms with van der Waals surface area (Å²) in [4.78, 5) is 26.5. The first kappa shape index (κ1) is 20.7. The number of carbonyl (C=O) groups excluding carboxylic acids is 2. The van der Waals surface area contributed by atoms with Crippen LogP contribution in [0, 0.1) is 0 Å². The van der Waals surface area contributed by atoms with Gasteiger partial charge in [-0.15, -0.1) is 0 Å². The highest BCUT2D eigenvalue weighted by Crippen LogP contribution is 2.29. The number of likely N-dealkylation sites (N-methyl/N-ethyl adjacent to an activating group) is 1. The molecule has 0 aliphatic heterocycles. The molecule has 29 heavy (non-hydrogen) atoms. The van der Waals surface area contributed by atoms with Crippen molar-refractivity contribution in [2.45, 2.75) is 6.92 Å². The highest BCUT2D eigenvalue weighted by atomic mass is 35.5. The summed E-state index contributed by atoms with van der Waals surface area (Å²) in [5, 5.41) is 17.5. The molecule has 0 fully saturated rings. The van der Waals surface area contributed by atoms with Gasteiger partial charge in [0.05, 0.1) is 27.6 Å². The van der Waals surface area contributed by atoms with E-state index in [1.165, 1.54) is 15.8 Å². The summed E-state index contributed by atoms with van der Waals surface area (Å²) in [7, 11) is 0. The largest absolute Gasteiger partial charge is 0.504 e. The molecule has 0 atom stereocenters. The molecule has 1 heterocycles. The minimum atomic E-state index is -0.569. The van der Waals surface area contributed by atoms with Crippen molar-refractivity contribution in [2.75, 3.05) is 18.4 Å². The number of nitrogens with zero attached hydrogens (tertiary/aromatic N) is 3. The average Bonchev–Trinajstić information content (AvgIpc) is 3.11. The molecule has 2 aromatic carbocycles. The van der Waals surface area contributed by atoms with Gasteiger partial charge in [-0.1, -0.05) is 47.5 Å². The third-order valence-corrected chi connectivity index (χ3v) is 4.78. The maximum absolute atomic E-state index is 12.8. The van der Waals surface area contributed by atoms with Crippen LogP contribution in [0.15, 0.2) is 54.7 Å². The molecule has 0 aliphatic carbocycles. The van der Waals surface area contributed by atoms with E-state index >= 15 is 0 Å². The van der Waals surface area contributed by atoms with Crippen molar-refractivity contribution >= 4 is 40.7 Å². The van der Waals surface area contributed by atoms with Crippen LogP contribution in [0.2, 0.25) is 10.0 Å². The van der Waals surface area contributed by atoms with Crippen LogP contribution in [0.1, 0.15) is 17.4 Å². The first-order valence-electron chi connectivity index (χ1n) is 8.78. The summed E-state index contributed by atoms with van der Waals surface area (Å²) in [6.07, 6.45) is 1.35. The monoisotopic (exact) mass is 432 g/mol. The summed E-state index contributed by atoms with van der Waals surface area (Å²) in [6.45, 7) is 1.70. The van der Waals surface area contributed by atoms with Gasteiger partial charge >= 0.3 is 0 Å². The van der Waals surface area contributed by atoms with Crippen LogP contribution >= 0.6 is 23.2 Å². The zero-order chi connectivity index (χ0) is 21.0. The van der Waals surface area contributed by atoms with Crippen molar-refractivity contribution in [1.82, 2.24) is 14.7 Å². The number of carbonyl (C=O) groups is 2. The van der Waals surface area contributed by atoms with Crippen molar-refractivity contribution in [2.24, 2.45) is 0 Å². The first-order chi connectivity index (χ1) is 13.9. The molecule has 1 aromatic heterocycles. The number of rotatable bonds is 6. The second-order valence-electron chi connectivity index (χ2n) is 6.11. The van der Waals surface area contributed by atoms with Crippen LogP contribution in [-0.4, -0.2) is 44.7 Å². The van der Waals surface area contributed by atoms with E-state index in [0.29, 0.717) is 15.7 Å². The maximum atomic E-state index is 12.8. The molecule has 0 unspecified atom stereocenters. The van der Waals surface area contributed by atoms with Crippen LogP contribution in [0.3, 0.4) is 0 Å². The SMILES string of the molecule is CCN(CC(=O)Nc1c(Cl)cccc1Cl)C(=O)c1nn(-c2ccccc2)cc1O. The number of nitrogens with one attached hydrogen (secondary N) is 1. The molecule has 3 aromatic rings. The normalized spacial score (nSPS) is 10.6. The van der Waals surface area contributed by atoms with Crippen LogP contribution in [-0.2, 0) is 4.79 Å². The summed E-state index contributed by atoms with van der Waals surface area (Å²) in [5.74, 6) is -1.32. The van der Waals surface area contributed by atoms with Crippen molar-refractivity contribution in [3.05, 3.63) is 70.5 Å². The van der Waals surface area contributed by atoms with Gasteiger partial charge in [0, 0.05) is 6.54 Å². The number of halogens is 2. The second kappa shape index (κ2) is 8.98. The lowest BCUT2D eigenvalue weighted by atomic mass is 10.3. The summed E-state index contributed by atoms with van der Waals surface area (Å²) in [6, 6.07) is 13.9. The van der Waals surface area contributed by atoms with Crippen molar-refractivity contribution in [1.29, 1.82) is 0 Å². The molecule has 2 N–H and O–H groups in total. The lowest BCUT2D eigenvalue weighted by molar-refractivity contribution is -0.116. The van der Waals surface area contributed by atoms with Gasteiger partial charge in [0.2, 0.25) is 5.91 Å². The van der Waals surface area contributed by atoms with Gasteiger partial charge in [0.15, 0.2) is 11.4 Å². The van der Waals surface area contributed by atoms with Crippen LogP contribution < -0.4 is 5.32 Å². The molecule has 150 valence electrons. The number of para-hydroxylation sites is 2. The fourth-order valence-electron chi connectivity index (χ4n) is 2.68. The average molecular weight is 433 g/mol. The predicted molar refractivity (Wildman–Crippen MR) is 112 cm³/mol. The Morgan fingerprint density at radius 1 is 1.10 bits per heavy atom. The number of aromatic nitrogens is 2. The Morgan fingerprint density at radius 3 is 2.38 bits per heavy atom. The van der Waals surface area contributed by atoms with Gasteiger partial charge in [-0.2, -0.15) is 5.10 Å². The van der Waals surface area contributed by atoms with Gasteiger partial charge in [-0.25, -0.2) is 4.68 Å². The molecule has 2 amide bonds. The fraction of sp³-hybridized carbons (Fsp3) is 0.150. The zero-order valence-corrected chi connectivity index (χ0v) is 17.0. The zero-order valence-electron chi connectivity index (χ0n) is 15.5. The minimum Gasteiger partial charge on any atom is -0.504 e. The van der Waals surface area contributed by atoms with Crippen molar-refractivity contribution in [3.63, 3.8) is 0 Å². The Hall–Kier alpha value is -3.03. The first-order valence-corrected chi connectivity index (χ1v) is 9.53. The molecule has 9 heteroatoms. The third kappa shape index (κ3) is 4.70. The van der Waals surface area contributed by atoms with Gasteiger partial charge in [-0.3, -0.25) is 9.59 Å². The molecule has 0 spiro atoms. The molecule has 0 saturated heterocycles. The van der Waals surface area contributed by atoms with Crippen LogP contribution in [0.4, 0.5) is 5.69 Å². The number of benzene rings is 2. The lowest BCUT2D eigenvalue weighted by Crippen LogP contribution is -2.38. The summed E-state index contributed by atoms with van der Waals surface area (Å²) in [5.41, 5.74) is 0.829. The van der Waals surface area contributed by atoms with E-state index in [0.717, 1.165) is 0 Å². The smallest absolute Gasteiger partial charge is 0.278 e. The topological polar surface area (TPSA) is 87.5 Å². The van der Waals surface area contributed by atoms with Crippen molar-refractivity contribution in [3.8, 4) is 11.4 Å². The Balaban J connectivity index is 1.75. The Labute approximate surface area is 177 Å². The Bertz CT molecular complexity index is 1020. The van der Waals surface area contributed by atoms with E-state index in [4.69, 9.17) is 23.2 Å². The van der Waals surface area contributed by atoms with E-state index in [-0.39, 0.29) is 30.2 Å². The van der Waals surface area contributed by atoms with Gasteiger partial charge < -0.3 is 15.3 Å². The fourth-order valence-corrected chi connectivity index (χ4v) is 3.17. The molecule has 0 bridgehead atoms. The highest BCUT2D eigenvalue weighted by Gasteiger charge is 2.24. The van der Waals surface area contributed by atoms with Gasteiger partial charge in [-0.05, 0) is 31.2 Å². The molecule has 7 nitrogen and oxygen atoms in total. The minimum absolute atomic E-state index is 0.140. The molecule has 3 rings (SSSR count). The quantitative estimate of drug-likeness (QED) is 0.616. The number of hydrogen-bond donors (Lipinski definition) is 2. The Morgan fingerprint density at radius 2 is 1.76 bits per heavy atom. The number of amides is 2. The predicted octanol–water partition coefficient (Wildman–Crippen LogP) is 3.99. The third-order valence-electron chi connectivity index (χ3n) is 4.15. The van der Waals surface area contributed by atoms with E-state index in [2.05, 4.69) is 10.4 Å².